The maximum absolute atomic E-state index is 15.1. The highest BCUT2D eigenvalue weighted by Gasteiger charge is 2.58. The van der Waals surface area contributed by atoms with E-state index in [1.54, 1.807) is 60.7 Å². The molecule has 0 N–H and O–H groups in total. The SMILES string of the molecule is CC(=O)O[C@@H]1[C@@H](OC[C@H]2O[C@H](OCCCCCl)[C@@H](OC(=O)c3ccccc3)[C@@H](O[C@H]3O[C@H](COCc4ccccc4)[C@@H](OCc4ccccc4)[C@H](OCc4ccccc4)[C@@H]3OC(C)=O)[C@@H]2OC(=O)c2ccccc2)O[C@H](COCc2ccccc2)[C@@H](OCc2ccccc2)[C@@H]1OCc1ccccc1. The van der Waals surface area contributed by atoms with Crippen LogP contribution in [-0.4, -0.2) is 148 Å². The predicted octanol–water partition coefficient (Wildman–Crippen LogP) is 12.7. The van der Waals surface area contributed by atoms with Crippen molar-refractivity contribution in [2.45, 2.75) is 158 Å². The number of carbonyl (C=O) groups is 4. The van der Waals surface area contributed by atoms with Crippen molar-refractivity contribution in [1.29, 1.82) is 0 Å². The molecule has 0 saturated carbocycles. The first kappa shape index (κ1) is 75.6. The minimum absolute atomic E-state index is 0.00204. The molecule has 20 nitrogen and oxygen atoms in total. The Morgan fingerprint density at radius 2 is 0.621 bits per heavy atom. The Morgan fingerprint density at radius 1 is 0.311 bits per heavy atom. The standard InChI is InChI=1S/C82H87ClO20/c1-56(84)96-75-72(93-51-62-37-19-7-20-38-62)69(91-49-60-33-15-5-16-34-60)66(53-88-47-58-29-11-3-12-30-58)98-81(75)95-55-68-71(101-78(86)64-41-23-9-24-42-64)74(77(80(99-68)90-46-28-27-45-83)102-79(87)65-43-25-10-26-44-65)103-82-76(97-57(2)85)73(94-52-63-39-21-8-22-40-63)70(92-50-61-35-17-6-18-36-61)67(100-82)54-89-48-59-31-13-4-14-32-59/h3-26,29-44,66-77,80-82H,27-28,45-55H2,1-2H3/t66-,67-,68-,69-,70-,71-,72+,73+,74+,75+,76+,77+,80+,81+,82-/m1/s1. The van der Waals surface area contributed by atoms with Crippen molar-refractivity contribution < 1.29 is 95.0 Å². The molecular formula is C82H87ClO20. The Labute approximate surface area is 605 Å². The molecule has 0 amide bonds. The Kier molecular flexibility index (Phi) is 29.3. The summed E-state index contributed by atoms with van der Waals surface area (Å²) in [6.07, 6.45) is -19.5. The molecule has 3 saturated heterocycles. The van der Waals surface area contributed by atoms with E-state index in [2.05, 4.69) is 0 Å². The second-order valence-electron chi connectivity index (χ2n) is 25.0. The molecule has 8 aromatic carbocycles. The number of alkyl halides is 1. The van der Waals surface area contributed by atoms with Gasteiger partial charge in [0.2, 0.25) is 0 Å². The fourth-order valence-electron chi connectivity index (χ4n) is 12.3. The summed E-state index contributed by atoms with van der Waals surface area (Å²) in [6.45, 7) is 2.34. The largest absolute Gasteiger partial charge is 0.454 e. The van der Waals surface area contributed by atoms with Crippen LogP contribution in [0.3, 0.4) is 0 Å². The maximum atomic E-state index is 15.1. The molecule has 542 valence electrons. The number of esters is 4. The molecule has 0 spiro atoms. The average Bonchev–Trinajstić information content (AvgIpc) is 0.767. The zero-order valence-corrected chi connectivity index (χ0v) is 58.2. The number of halogens is 1. The van der Waals surface area contributed by atoms with Gasteiger partial charge in [0.15, 0.2) is 43.3 Å². The molecule has 3 fully saturated rings. The van der Waals surface area contributed by atoms with Gasteiger partial charge >= 0.3 is 23.9 Å². The molecule has 0 unspecified atom stereocenters. The van der Waals surface area contributed by atoms with Crippen LogP contribution in [-0.2, 0) is 125 Å². The Morgan fingerprint density at radius 3 is 1.00 bits per heavy atom. The highest BCUT2D eigenvalue weighted by atomic mass is 35.5. The molecule has 0 bridgehead atoms. The number of ether oxygens (including phenoxy) is 16. The molecule has 3 aliphatic heterocycles. The summed E-state index contributed by atoms with van der Waals surface area (Å²) >= 11 is 6.27. The molecule has 3 heterocycles. The van der Waals surface area contributed by atoms with Crippen molar-refractivity contribution in [3.8, 4) is 0 Å². The van der Waals surface area contributed by atoms with Gasteiger partial charge in [0.05, 0.1) is 70.6 Å². The van der Waals surface area contributed by atoms with Gasteiger partial charge in [-0.3, -0.25) is 9.59 Å². The summed E-state index contributed by atoms with van der Waals surface area (Å²) in [7, 11) is 0. The molecule has 103 heavy (non-hydrogen) atoms. The number of benzene rings is 8. The normalized spacial score (nSPS) is 24.7. The van der Waals surface area contributed by atoms with Gasteiger partial charge in [-0.25, -0.2) is 9.59 Å². The third-order valence-electron chi connectivity index (χ3n) is 17.3. The summed E-state index contributed by atoms with van der Waals surface area (Å²) in [4.78, 5) is 57.5. The van der Waals surface area contributed by atoms with Crippen LogP contribution in [0.2, 0.25) is 0 Å². The van der Waals surface area contributed by atoms with E-state index in [-0.39, 0.29) is 70.6 Å². The average molecular weight is 1430 g/mol. The van der Waals surface area contributed by atoms with Crippen LogP contribution < -0.4 is 0 Å². The van der Waals surface area contributed by atoms with Crippen molar-refractivity contribution in [1.82, 2.24) is 0 Å². The van der Waals surface area contributed by atoms with E-state index in [0.29, 0.717) is 18.7 Å². The minimum atomic E-state index is -1.69. The lowest BCUT2D eigenvalue weighted by Crippen LogP contribution is -2.67. The molecule has 11 rings (SSSR count). The molecule has 0 aromatic heterocycles. The maximum Gasteiger partial charge on any atom is 0.338 e. The van der Waals surface area contributed by atoms with Crippen molar-refractivity contribution in [2.24, 2.45) is 0 Å². The fourth-order valence-corrected chi connectivity index (χ4v) is 12.5. The van der Waals surface area contributed by atoms with E-state index in [4.69, 9.17) is 87.4 Å². The van der Waals surface area contributed by atoms with E-state index in [9.17, 15) is 14.4 Å². The summed E-state index contributed by atoms with van der Waals surface area (Å²) in [5, 5.41) is 0. The summed E-state index contributed by atoms with van der Waals surface area (Å²) in [6, 6.07) is 73.7. The van der Waals surface area contributed by atoms with Gasteiger partial charge in [-0.15, -0.1) is 11.6 Å². The number of hydrogen-bond donors (Lipinski definition) is 0. The lowest BCUT2D eigenvalue weighted by molar-refractivity contribution is -0.371. The van der Waals surface area contributed by atoms with Crippen LogP contribution in [0.1, 0.15) is 80.8 Å². The third kappa shape index (κ3) is 22.5. The second-order valence-corrected chi connectivity index (χ2v) is 25.4. The summed E-state index contributed by atoms with van der Waals surface area (Å²) in [5.41, 5.74) is 5.30. The van der Waals surface area contributed by atoms with Gasteiger partial charge in [0, 0.05) is 26.3 Å². The summed E-state index contributed by atoms with van der Waals surface area (Å²) in [5.74, 6) is -2.83. The van der Waals surface area contributed by atoms with Crippen LogP contribution >= 0.6 is 11.6 Å². The van der Waals surface area contributed by atoms with Crippen LogP contribution in [0, 0.1) is 0 Å². The van der Waals surface area contributed by atoms with Gasteiger partial charge < -0.3 is 75.8 Å². The monoisotopic (exact) mass is 1430 g/mol. The van der Waals surface area contributed by atoms with Gasteiger partial charge in [0.1, 0.15) is 48.8 Å². The van der Waals surface area contributed by atoms with Gasteiger partial charge in [-0.05, 0) is 70.5 Å². The van der Waals surface area contributed by atoms with Crippen molar-refractivity contribution in [2.75, 3.05) is 32.3 Å². The number of rotatable bonds is 36. The highest BCUT2D eigenvalue weighted by Crippen LogP contribution is 2.39. The molecule has 3 aliphatic rings. The van der Waals surface area contributed by atoms with Crippen LogP contribution in [0.4, 0.5) is 0 Å². The van der Waals surface area contributed by atoms with Crippen molar-refractivity contribution >= 4 is 35.5 Å². The molecule has 15 atom stereocenters. The lowest BCUT2D eigenvalue weighted by atomic mass is 9.95. The van der Waals surface area contributed by atoms with E-state index in [0.717, 1.165) is 33.4 Å². The molecule has 21 heteroatoms. The van der Waals surface area contributed by atoms with Crippen LogP contribution in [0.15, 0.2) is 243 Å². The molecule has 0 radical (unpaired) electrons. The van der Waals surface area contributed by atoms with E-state index >= 15 is 4.79 Å². The molecule has 8 aromatic rings. The van der Waals surface area contributed by atoms with Crippen molar-refractivity contribution in [3.05, 3.63) is 287 Å². The number of unbranched alkanes of at least 4 members (excludes halogenated alkanes) is 1. The Bertz CT molecular complexity index is 3780. The zero-order valence-electron chi connectivity index (χ0n) is 57.5. The quantitative estimate of drug-likeness (QED) is 0.0154. The van der Waals surface area contributed by atoms with Crippen LogP contribution in [0.25, 0.3) is 0 Å². The number of carbonyl (C=O) groups excluding carboxylic acids is 4. The molecular weight excluding hydrogens is 1340 g/mol. The third-order valence-corrected chi connectivity index (χ3v) is 17.6. The van der Waals surface area contributed by atoms with Gasteiger partial charge in [-0.2, -0.15) is 0 Å². The van der Waals surface area contributed by atoms with E-state index < -0.39 is 123 Å². The smallest absolute Gasteiger partial charge is 0.338 e. The predicted molar refractivity (Wildman–Crippen MR) is 377 cm³/mol. The lowest BCUT2D eigenvalue weighted by Gasteiger charge is -2.50. The van der Waals surface area contributed by atoms with E-state index in [1.807, 2.05) is 182 Å². The first-order chi connectivity index (χ1) is 50.5. The molecule has 0 aliphatic carbocycles. The van der Waals surface area contributed by atoms with E-state index in [1.165, 1.54) is 13.8 Å². The fraction of sp³-hybridized carbons (Fsp3) is 0.366. The second kappa shape index (κ2) is 39.9. The topological polar surface area (TPSA) is 216 Å². The zero-order chi connectivity index (χ0) is 71.4. The first-order valence-electron chi connectivity index (χ1n) is 34.7. The van der Waals surface area contributed by atoms with Crippen LogP contribution in [0.5, 0.6) is 0 Å². The van der Waals surface area contributed by atoms with Gasteiger partial charge in [-0.1, -0.05) is 218 Å². The Hall–Kier alpha value is -8.55. The number of hydrogen-bond acceptors (Lipinski definition) is 20. The Balaban J connectivity index is 1.02. The highest BCUT2D eigenvalue weighted by molar-refractivity contribution is 6.17. The summed E-state index contributed by atoms with van der Waals surface area (Å²) < 4.78 is 109. The van der Waals surface area contributed by atoms with Crippen molar-refractivity contribution in [3.63, 3.8) is 0 Å². The van der Waals surface area contributed by atoms with Gasteiger partial charge in [0.25, 0.3) is 0 Å². The minimum Gasteiger partial charge on any atom is -0.454 e. The first-order valence-corrected chi connectivity index (χ1v) is 35.2.